The van der Waals surface area contributed by atoms with Crippen LogP contribution in [0.4, 0.5) is 5.69 Å². The molecular formula is C24H35N3O5S. The van der Waals surface area contributed by atoms with E-state index >= 15 is 0 Å². The molecule has 1 aromatic carbocycles. The minimum Gasteiger partial charge on any atom is -0.465 e. The van der Waals surface area contributed by atoms with E-state index in [0.717, 1.165) is 51.0 Å². The van der Waals surface area contributed by atoms with Gasteiger partial charge in [-0.1, -0.05) is 12.8 Å². The lowest BCUT2D eigenvalue weighted by Crippen LogP contribution is -2.57. The number of rotatable bonds is 6. The molecule has 0 aromatic heterocycles. The topological polar surface area (TPSA) is 87.2 Å². The number of nitrogens with zero attached hydrogens (tertiary/aromatic N) is 3. The summed E-state index contributed by atoms with van der Waals surface area (Å²) < 4.78 is 28.9. The van der Waals surface area contributed by atoms with Crippen LogP contribution < -0.4 is 4.90 Å². The highest BCUT2D eigenvalue weighted by molar-refractivity contribution is 7.91. The predicted octanol–water partition coefficient (Wildman–Crippen LogP) is 1.94. The van der Waals surface area contributed by atoms with E-state index in [-0.39, 0.29) is 41.5 Å². The molecule has 2 heterocycles. The number of hydrogen-bond donors (Lipinski definition) is 0. The standard InChI is InChI=1S/C24H35N3O5S/c1-18-15-26(20-9-7-19(8-10-20)24(29)32-2)13-12-25(18)16-23(28)27(21-5-3-4-6-21)22-11-14-33(30,31)17-22/h7-10,18,21-22H,3-6,11-17H2,1-2H3. The molecular weight excluding hydrogens is 442 g/mol. The van der Waals surface area contributed by atoms with Gasteiger partial charge in [0.15, 0.2) is 9.84 Å². The zero-order valence-electron chi connectivity index (χ0n) is 19.6. The van der Waals surface area contributed by atoms with Gasteiger partial charge < -0.3 is 14.5 Å². The van der Waals surface area contributed by atoms with E-state index in [1.807, 2.05) is 17.0 Å². The number of hydrogen-bond acceptors (Lipinski definition) is 7. The number of esters is 1. The van der Waals surface area contributed by atoms with Gasteiger partial charge in [-0.3, -0.25) is 9.69 Å². The van der Waals surface area contributed by atoms with Crippen molar-refractivity contribution >= 4 is 27.4 Å². The normalized spacial score (nSPS) is 25.8. The number of ether oxygens (including phenoxy) is 1. The summed E-state index contributed by atoms with van der Waals surface area (Å²) >= 11 is 0. The third-order valence-electron chi connectivity index (χ3n) is 7.36. The fraction of sp³-hybridized carbons (Fsp3) is 0.667. The van der Waals surface area contributed by atoms with Crippen LogP contribution in [0.3, 0.4) is 0 Å². The molecule has 3 aliphatic rings. The summed E-state index contributed by atoms with van der Waals surface area (Å²) in [4.78, 5) is 31.6. The van der Waals surface area contributed by atoms with Crippen LogP contribution in [0.25, 0.3) is 0 Å². The molecule has 1 amide bonds. The Morgan fingerprint density at radius 3 is 2.33 bits per heavy atom. The molecule has 2 aliphatic heterocycles. The van der Waals surface area contributed by atoms with Crippen LogP contribution in [0.15, 0.2) is 24.3 Å². The molecule has 0 spiro atoms. The summed E-state index contributed by atoms with van der Waals surface area (Å²) in [6.07, 6.45) is 4.74. The van der Waals surface area contributed by atoms with Gasteiger partial charge in [0, 0.05) is 43.4 Å². The summed E-state index contributed by atoms with van der Waals surface area (Å²) in [6, 6.07) is 7.61. The Morgan fingerprint density at radius 2 is 1.76 bits per heavy atom. The second-order valence-corrected chi connectivity index (χ2v) is 11.8. The SMILES string of the molecule is COC(=O)c1ccc(N2CCN(CC(=O)N(C3CCCC3)C3CCS(=O)(=O)C3)C(C)C2)cc1. The number of carbonyl (C=O) groups is 2. The maximum absolute atomic E-state index is 13.5. The maximum Gasteiger partial charge on any atom is 0.337 e. The summed E-state index contributed by atoms with van der Waals surface area (Å²) in [5.41, 5.74) is 1.57. The highest BCUT2D eigenvalue weighted by atomic mass is 32.2. The minimum atomic E-state index is -3.04. The monoisotopic (exact) mass is 477 g/mol. The molecule has 2 saturated heterocycles. The average molecular weight is 478 g/mol. The highest BCUT2D eigenvalue weighted by Crippen LogP contribution is 2.30. The Kier molecular flexibility index (Phi) is 7.28. The molecule has 0 bridgehead atoms. The number of carbonyl (C=O) groups excluding carboxylic acids is 2. The zero-order chi connectivity index (χ0) is 23.6. The lowest BCUT2D eigenvalue weighted by atomic mass is 10.1. The first kappa shape index (κ1) is 24.0. The highest BCUT2D eigenvalue weighted by Gasteiger charge is 2.40. The molecule has 1 saturated carbocycles. The summed E-state index contributed by atoms with van der Waals surface area (Å²) in [7, 11) is -1.67. The molecule has 1 aliphatic carbocycles. The van der Waals surface area contributed by atoms with Crippen molar-refractivity contribution < 1.29 is 22.7 Å². The molecule has 4 rings (SSSR count). The molecule has 9 heteroatoms. The zero-order valence-corrected chi connectivity index (χ0v) is 20.4. The Balaban J connectivity index is 1.38. The molecule has 2 atom stereocenters. The van der Waals surface area contributed by atoms with E-state index in [4.69, 9.17) is 4.74 Å². The van der Waals surface area contributed by atoms with Crippen molar-refractivity contribution in [2.75, 3.05) is 49.7 Å². The molecule has 182 valence electrons. The van der Waals surface area contributed by atoms with Crippen molar-refractivity contribution in [2.45, 2.75) is 57.2 Å². The third-order valence-corrected chi connectivity index (χ3v) is 9.12. The van der Waals surface area contributed by atoms with Gasteiger partial charge in [-0.25, -0.2) is 13.2 Å². The number of anilines is 1. The smallest absolute Gasteiger partial charge is 0.337 e. The Hall–Kier alpha value is -2.13. The Labute approximate surface area is 196 Å². The Morgan fingerprint density at radius 1 is 1.06 bits per heavy atom. The summed E-state index contributed by atoms with van der Waals surface area (Å²) in [5.74, 6) is 0.0323. The predicted molar refractivity (Wildman–Crippen MR) is 127 cm³/mol. The summed E-state index contributed by atoms with van der Waals surface area (Å²) in [5, 5.41) is 0. The van der Waals surface area contributed by atoms with Crippen LogP contribution in [0.5, 0.6) is 0 Å². The molecule has 0 N–H and O–H groups in total. The molecule has 1 aromatic rings. The quantitative estimate of drug-likeness (QED) is 0.579. The number of benzene rings is 1. The van der Waals surface area contributed by atoms with Gasteiger partial charge in [0.1, 0.15) is 0 Å². The number of methoxy groups -OCH3 is 1. The minimum absolute atomic E-state index is 0.0757. The van der Waals surface area contributed by atoms with Crippen molar-refractivity contribution in [1.82, 2.24) is 9.80 Å². The van der Waals surface area contributed by atoms with E-state index in [2.05, 4.69) is 16.7 Å². The molecule has 8 nitrogen and oxygen atoms in total. The van der Waals surface area contributed by atoms with E-state index in [9.17, 15) is 18.0 Å². The van der Waals surface area contributed by atoms with E-state index in [1.54, 1.807) is 12.1 Å². The van der Waals surface area contributed by atoms with Crippen LogP contribution in [-0.4, -0.2) is 93.0 Å². The summed E-state index contributed by atoms with van der Waals surface area (Å²) in [6.45, 7) is 4.79. The van der Waals surface area contributed by atoms with Crippen LogP contribution in [0.1, 0.15) is 49.4 Å². The van der Waals surface area contributed by atoms with Crippen molar-refractivity contribution in [3.8, 4) is 0 Å². The van der Waals surface area contributed by atoms with Crippen molar-refractivity contribution in [2.24, 2.45) is 0 Å². The second kappa shape index (κ2) is 10.0. The first-order valence-electron chi connectivity index (χ1n) is 12.0. The number of sulfone groups is 1. The van der Waals surface area contributed by atoms with Gasteiger partial charge in [0.2, 0.25) is 5.91 Å². The fourth-order valence-corrected chi connectivity index (χ4v) is 7.24. The van der Waals surface area contributed by atoms with Gasteiger partial charge >= 0.3 is 5.97 Å². The average Bonchev–Trinajstić information content (AvgIpc) is 3.45. The van der Waals surface area contributed by atoms with E-state index in [1.165, 1.54) is 7.11 Å². The molecule has 33 heavy (non-hydrogen) atoms. The van der Waals surface area contributed by atoms with E-state index < -0.39 is 9.84 Å². The first-order valence-corrected chi connectivity index (χ1v) is 13.8. The van der Waals surface area contributed by atoms with Crippen molar-refractivity contribution in [3.05, 3.63) is 29.8 Å². The molecule has 2 unspecified atom stereocenters. The van der Waals surface area contributed by atoms with Crippen LogP contribution in [-0.2, 0) is 19.4 Å². The Bertz CT molecular complexity index is 959. The maximum atomic E-state index is 13.5. The van der Waals surface area contributed by atoms with Crippen LogP contribution in [0, 0.1) is 0 Å². The van der Waals surface area contributed by atoms with Gasteiger partial charge in [-0.05, 0) is 50.5 Å². The van der Waals surface area contributed by atoms with E-state index in [0.29, 0.717) is 18.5 Å². The van der Waals surface area contributed by atoms with Gasteiger partial charge in [-0.2, -0.15) is 0 Å². The third kappa shape index (κ3) is 5.51. The lowest BCUT2D eigenvalue weighted by Gasteiger charge is -2.42. The van der Waals surface area contributed by atoms with Gasteiger partial charge in [-0.15, -0.1) is 0 Å². The van der Waals surface area contributed by atoms with Crippen LogP contribution in [0.2, 0.25) is 0 Å². The molecule has 0 radical (unpaired) electrons. The van der Waals surface area contributed by atoms with Crippen LogP contribution >= 0.6 is 0 Å². The first-order chi connectivity index (χ1) is 15.8. The van der Waals surface area contributed by atoms with Gasteiger partial charge in [0.05, 0.1) is 30.7 Å². The number of piperazine rings is 1. The lowest BCUT2D eigenvalue weighted by molar-refractivity contribution is -0.137. The van der Waals surface area contributed by atoms with Gasteiger partial charge in [0.25, 0.3) is 0 Å². The second-order valence-electron chi connectivity index (χ2n) is 9.60. The largest absolute Gasteiger partial charge is 0.465 e. The molecule has 3 fully saturated rings. The van der Waals surface area contributed by atoms with Crippen molar-refractivity contribution in [3.63, 3.8) is 0 Å². The van der Waals surface area contributed by atoms with Crippen molar-refractivity contribution in [1.29, 1.82) is 0 Å². The fourth-order valence-electron chi connectivity index (χ4n) is 5.53. The number of amides is 1.